The number of rotatable bonds is 6. The fourth-order valence-electron chi connectivity index (χ4n) is 1.79. The van der Waals surface area contributed by atoms with Gasteiger partial charge in [-0.3, -0.25) is 14.3 Å². The van der Waals surface area contributed by atoms with Gasteiger partial charge in [-0.2, -0.15) is 0 Å². The zero-order valence-corrected chi connectivity index (χ0v) is 11.1. The third-order valence-corrected chi connectivity index (χ3v) is 3.42. The van der Waals surface area contributed by atoms with Crippen LogP contribution >= 0.6 is 11.6 Å². The van der Waals surface area contributed by atoms with E-state index in [1.54, 1.807) is 0 Å². The minimum absolute atomic E-state index is 0.141. The van der Waals surface area contributed by atoms with Gasteiger partial charge in [-0.25, -0.2) is 4.79 Å². The van der Waals surface area contributed by atoms with Gasteiger partial charge in [-0.05, 0) is 25.2 Å². The molecule has 1 heterocycles. The zero-order valence-electron chi connectivity index (χ0n) is 10.4. The lowest BCUT2D eigenvalue weighted by Gasteiger charge is -2.08. The van der Waals surface area contributed by atoms with E-state index in [4.69, 9.17) is 16.3 Å². The Hall–Kier alpha value is -1.07. The van der Waals surface area contributed by atoms with Crippen molar-refractivity contribution in [1.29, 1.82) is 0 Å². The van der Waals surface area contributed by atoms with Gasteiger partial charge < -0.3 is 4.74 Å². The fraction of sp³-hybridized carbons (Fsp3) is 0.667. The van der Waals surface area contributed by atoms with Crippen molar-refractivity contribution in [3.8, 4) is 0 Å². The molecule has 0 aliphatic heterocycles. The summed E-state index contributed by atoms with van der Waals surface area (Å²) in [6, 6.07) is 0. The lowest BCUT2D eigenvalue weighted by atomic mass is 10.2. The van der Waals surface area contributed by atoms with Crippen molar-refractivity contribution in [3.05, 3.63) is 31.6 Å². The van der Waals surface area contributed by atoms with E-state index >= 15 is 0 Å². The topological polar surface area (TPSA) is 64.1 Å². The summed E-state index contributed by atoms with van der Waals surface area (Å²) in [5.74, 6) is 0.677. The standard InChI is InChI=1S/C12H17ClN2O3/c1-2-9-10(13)14-12(17)15(11(9)16)5-6-18-7-8-3-4-8/h8H,2-7H2,1H3,(H,14,17). The van der Waals surface area contributed by atoms with Gasteiger partial charge in [-0.15, -0.1) is 0 Å². The smallest absolute Gasteiger partial charge is 0.329 e. The van der Waals surface area contributed by atoms with E-state index < -0.39 is 5.69 Å². The van der Waals surface area contributed by atoms with E-state index in [2.05, 4.69) is 4.98 Å². The molecule has 5 nitrogen and oxygen atoms in total. The number of ether oxygens (including phenoxy) is 1. The Morgan fingerprint density at radius 3 is 2.78 bits per heavy atom. The van der Waals surface area contributed by atoms with Crippen molar-refractivity contribution < 1.29 is 4.74 Å². The predicted octanol–water partition coefficient (Wildman–Crippen LogP) is 1.18. The number of hydrogen-bond acceptors (Lipinski definition) is 3. The third-order valence-electron chi connectivity index (χ3n) is 3.09. The normalized spacial score (nSPS) is 15.0. The maximum absolute atomic E-state index is 12.0. The summed E-state index contributed by atoms with van der Waals surface area (Å²) in [5, 5.41) is 0.141. The second-order valence-electron chi connectivity index (χ2n) is 4.55. The van der Waals surface area contributed by atoms with Crippen molar-refractivity contribution in [3.63, 3.8) is 0 Å². The number of hydrogen-bond donors (Lipinski definition) is 1. The lowest BCUT2D eigenvalue weighted by Crippen LogP contribution is -2.38. The predicted molar refractivity (Wildman–Crippen MR) is 69.3 cm³/mol. The average molecular weight is 273 g/mol. The van der Waals surface area contributed by atoms with Gasteiger partial charge in [0.15, 0.2) is 0 Å². The summed E-state index contributed by atoms with van der Waals surface area (Å²) in [4.78, 5) is 26.1. The van der Waals surface area contributed by atoms with E-state index in [9.17, 15) is 9.59 Å². The molecule has 1 aliphatic rings. The van der Waals surface area contributed by atoms with Crippen LogP contribution in [0.2, 0.25) is 5.15 Å². The van der Waals surface area contributed by atoms with Crippen LogP contribution in [0.5, 0.6) is 0 Å². The minimum Gasteiger partial charge on any atom is -0.379 e. The summed E-state index contributed by atoms with van der Waals surface area (Å²) in [5.41, 5.74) is -0.350. The molecule has 0 spiro atoms. The van der Waals surface area contributed by atoms with Crippen molar-refractivity contribution in [2.24, 2.45) is 5.92 Å². The van der Waals surface area contributed by atoms with Gasteiger partial charge in [0.05, 0.1) is 18.7 Å². The molecule has 1 aromatic heterocycles. The van der Waals surface area contributed by atoms with Crippen molar-refractivity contribution >= 4 is 11.6 Å². The number of nitrogens with zero attached hydrogens (tertiary/aromatic N) is 1. The molecule has 0 saturated heterocycles. The van der Waals surface area contributed by atoms with Crippen LogP contribution in [0.4, 0.5) is 0 Å². The van der Waals surface area contributed by atoms with Gasteiger partial charge >= 0.3 is 5.69 Å². The first-order valence-corrected chi connectivity index (χ1v) is 6.60. The lowest BCUT2D eigenvalue weighted by molar-refractivity contribution is 0.115. The van der Waals surface area contributed by atoms with Crippen LogP contribution in [0, 0.1) is 5.92 Å². The number of H-pyrrole nitrogens is 1. The molecule has 1 aliphatic carbocycles. The number of aromatic nitrogens is 2. The molecule has 1 fully saturated rings. The summed E-state index contributed by atoms with van der Waals surface area (Å²) < 4.78 is 6.58. The number of halogens is 1. The molecule has 2 rings (SSSR count). The minimum atomic E-state index is -0.475. The van der Waals surface area contributed by atoms with Gasteiger partial charge in [0.1, 0.15) is 5.15 Å². The molecule has 1 aromatic rings. The largest absolute Gasteiger partial charge is 0.379 e. The molecule has 0 amide bonds. The molecule has 0 bridgehead atoms. The van der Waals surface area contributed by atoms with Gasteiger partial charge in [0.2, 0.25) is 0 Å². The first kappa shape index (κ1) is 13.4. The Morgan fingerprint density at radius 1 is 1.44 bits per heavy atom. The van der Waals surface area contributed by atoms with Crippen LogP contribution in [0.15, 0.2) is 9.59 Å². The van der Waals surface area contributed by atoms with E-state index in [0.29, 0.717) is 24.5 Å². The van der Waals surface area contributed by atoms with Crippen LogP contribution in [0.25, 0.3) is 0 Å². The fourth-order valence-corrected chi connectivity index (χ4v) is 2.08. The molecule has 0 aromatic carbocycles. The molecular formula is C12H17ClN2O3. The molecular weight excluding hydrogens is 256 g/mol. The SMILES string of the molecule is CCc1c(Cl)[nH]c(=O)n(CCOCC2CC2)c1=O. The van der Waals surface area contributed by atoms with Crippen molar-refractivity contribution in [2.45, 2.75) is 32.7 Å². The van der Waals surface area contributed by atoms with Gasteiger partial charge in [0.25, 0.3) is 5.56 Å². The Balaban J connectivity index is 2.06. The van der Waals surface area contributed by atoms with Crippen LogP contribution in [-0.4, -0.2) is 22.8 Å². The molecule has 0 unspecified atom stereocenters. The van der Waals surface area contributed by atoms with E-state index in [1.165, 1.54) is 12.8 Å². The van der Waals surface area contributed by atoms with Gasteiger partial charge in [0, 0.05) is 6.61 Å². The Morgan fingerprint density at radius 2 is 2.17 bits per heavy atom. The van der Waals surface area contributed by atoms with Crippen molar-refractivity contribution in [2.75, 3.05) is 13.2 Å². The second-order valence-corrected chi connectivity index (χ2v) is 4.93. The highest BCUT2D eigenvalue weighted by Gasteiger charge is 2.21. The molecule has 6 heteroatoms. The van der Waals surface area contributed by atoms with Crippen LogP contribution in [0.1, 0.15) is 25.3 Å². The zero-order chi connectivity index (χ0) is 13.1. The first-order chi connectivity index (χ1) is 8.63. The van der Waals surface area contributed by atoms with E-state index in [-0.39, 0.29) is 17.3 Å². The Kier molecular flexibility index (Phi) is 4.24. The molecule has 100 valence electrons. The summed E-state index contributed by atoms with van der Waals surface area (Å²) in [6.07, 6.45) is 2.94. The molecule has 1 N–H and O–H groups in total. The quantitative estimate of drug-likeness (QED) is 0.625. The number of aromatic amines is 1. The van der Waals surface area contributed by atoms with E-state index in [1.807, 2.05) is 6.92 Å². The highest BCUT2D eigenvalue weighted by Crippen LogP contribution is 2.28. The van der Waals surface area contributed by atoms with Crippen molar-refractivity contribution in [1.82, 2.24) is 9.55 Å². The maximum Gasteiger partial charge on any atom is 0.329 e. The monoisotopic (exact) mass is 272 g/mol. The molecule has 0 radical (unpaired) electrons. The molecule has 1 saturated carbocycles. The van der Waals surface area contributed by atoms with Crippen LogP contribution in [-0.2, 0) is 17.7 Å². The highest BCUT2D eigenvalue weighted by atomic mass is 35.5. The average Bonchev–Trinajstić information content (AvgIpc) is 3.12. The summed E-state index contributed by atoms with van der Waals surface area (Å²) in [7, 11) is 0. The van der Waals surface area contributed by atoms with Gasteiger partial charge in [-0.1, -0.05) is 18.5 Å². The van der Waals surface area contributed by atoms with E-state index in [0.717, 1.165) is 11.2 Å². The Labute approximate surface area is 110 Å². The first-order valence-electron chi connectivity index (χ1n) is 6.22. The number of nitrogens with one attached hydrogen (secondary N) is 1. The third kappa shape index (κ3) is 3.03. The van der Waals surface area contributed by atoms with Crippen LogP contribution in [0.3, 0.4) is 0 Å². The Bertz CT molecular complexity index is 531. The van der Waals surface area contributed by atoms with Crippen LogP contribution < -0.4 is 11.2 Å². The highest BCUT2D eigenvalue weighted by molar-refractivity contribution is 6.30. The second kappa shape index (κ2) is 5.71. The maximum atomic E-state index is 12.0. The summed E-state index contributed by atoms with van der Waals surface area (Å²) in [6.45, 7) is 3.20. The molecule has 0 atom stereocenters. The summed E-state index contributed by atoms with van der Waals surface area (Å²) >= 11 is 5.82. The molecule has 18 heavy (non-hydrogen) atoms.